The summed E-state index contributed by atoms with van der Waals surface area (Å²) < 4.78 is 0. The van der Waals surface area contributed by atoms with E-state index < -0.39 is 23.4 Å². The first-order valence-corrected chi connectivity index (χ1v) is 26.9. The first-order valence-electron chi connectivity index (χ1n) is 14.1. The first-order chi connectivity index (χ1) is 17.7. The minimum absolute atomic E-state index is 0.0326. The Hall–Kier alpha value is 0.0223. The van der Waals surface area contributed by atoms with Crippen LogP contribution in [0.15, 0.2) is 72.8 Å². The quantitative estimate of drug-likeness (QED) is 0.190. The zero-order valence-electron chi connectivity index (χ0n) is 26.6. The summed E-state index contributed by atoms with van der Waals surface area (Å²) in [7, 11) is 16.9. The van der Waals surface area contributed by atoms with E-state index in [2.05, 4.69) is 168 Å². The average Bonchev–Trinajstić information content (AvgIpc) is 2.77. The molecule has 0 nitrogen and oxygen atoms in total. The molecule has 0 radical (unpaired) electrons. The molecule has 0 spiro atoms. The molecular formula is C34H56Cl2P2Pd. The van der Waals surface area contributed by atoms with E-state index in [1.54, 1.807) is 0 Å². The molecule has 39 heavy (non-hydrogen) atoms. The molecule has 226 valence electrons. The van der Waals surface area contributed by atoms with Gasteiger partial charge in [-0.25, -0.2) is 0 Å². The maximum atomic E-state index is 8.46. The molecule has 0 N–H and O–H groups in total. The number of benzene rings is 2. The van der Waals surface area contributed by atoms with Gasteiger partial charge in [-0.15, -0.1) is 0 Å². The van der Waals surface area contributed by atoms with Gasteiger partial charge in [-0.05, 0) is 0 Å². The summed E-state index contributed by atoms with van der Waals surface area (Å²) in [6.45, 7) is 29.3. The number of allylic oxidation sites excluding steroid dienone is 2. The van der Waals surface area contributed by atoms with Crippen LogP contribution in [-0.2, 0) is 12.5 Å². The van der Waals surface area contributed by atoms with Crippen molar-refractivity contribution in [3.8, 4) is 0 Å². The summed E-state index contributed by atoms with van der Waals surface area (Å²) in [5, 5.41) is 0.130. The maximum absolute atomic E-state index is 8.46. The van der Waals surface area contributed by atoms with Crippen LogP contribution in [0.3, 0.4) is 0 Å². The summed E-state index contributed by atoms with van der Waals surface area (Å²) >= 11 is -3.13. The summed E-state index contributed by atoms with van der Waals surface area (Å²) in [6, 6.07) is 21.3. The van der Waals surface area contributed by atoms with E-state index >= 15 is 0 Å². The van der Waals surface area contributed by atoms with E-state index in [0.29, 0.717) is 0 Å². The molecule has 0 aliphatic carbocycles. The van der Waals surface area contributed by atoms with Crippen molar-refractivity contribution in [2.24, 2.45) is 0 Å². The van der Waals surface area contributed by atoms with Crippen LogP contribution in [0, 0.1) is 0 Å². The number of hydrogen-bond acceptors (Lipinski definition) is 0. The second-order valence-electron chi connectivity index (χ2n) is 14.9. The third-order valence-electron chi connectivity index (χ3n) is 8.24. The molecule has 0 saturated carbocycles. The molecule has 0 saturated heterocycles. The van der Waals surface area contributed by atoms with E-state index in [1.165, 1.54) is 11.1 Å². The fourth-order valence-corrected chi connectivity index (χ4v) is 98.5. The fourth-order valence-electron chi connectivity index (χ4n) is 6.89. The Kier molecular flexibility index (Phi) is 11.5. The molecule has 2 rings (SSSR count). The van der Waals surface area contributed by atoms with Crippen LogP contribution in [0.2, 0.25) is 0 Å². The Morgan fingerprint density at radius 2 is 0.769 bits per heavy atom. The van der Waals surface area contributed by atoms with Crippen molar-refractivity contribution < 1.29 is 12.5 Å². The van der Waals surface area contributed by atoms with Gasteiger partial charge in [-0.2, -0.15) is 0 Å². The molecule has 0 unspecified atom stereocenters. The molecular weight excluding hydrogens is 648 g/mol. The van der Waals surface area contributed by atoms with E-state index in [0.717, 1.165) is 12.3 Å². The summed E-state index contributed by atoms with van der Waals surface area (Å²) in [4.78, 5) is 0. The van der Waals surface area contributed by atoms with Gasteiger partial charge in [0.15, 0.2) is 0 Å². The Bertz CT molecular complexity index is 993. The molecule has 2 aromatic rings. The molecule has 0 amide bonds. The molecule has 0 aromatic heterocycles. The molecule has 0 atom stereocenters. The molecule has 0 bridgehead atoms. The Morgan fingerprint density at radius 3 is 1.00 bits per heavy atom. The monoisotopic (exact) mass is 702 g/mol. The van der Waals surface area contributed by atoms with E-state index in [9.17, 15) is 0 Å². The average molecular weight is 704 g/mol. The molecule has 0 heterocycles. The second-order valence-corrected chi connectivity index (χ2v) is 51.6. The summed E-state index contributed by atoms with van der Waals surface area (Å²) in [5.41, 5.74) is -2.41. The van der Waals surface area contributed by atoms with Crippen LogP contribution in [0.1, 0.15) is 94.2 Å². The van der Waals surface area contributed by atoms with E-state index in [-0.39, 0.29) is 20.6 Å². The Balaban J connectivity index is 2.88. The SMILES string of the molecule is CC(C)(C)[PH](C/C=C/c1ccccc1)(C(C)(C)C)[Pd]([Cl])([Cl])[PH](C/C=C/c1ccccc1)(C(C)(C)C)C(C)(C)C. The molecule has 2 aromatic carbocycles. The minimum atomic E-state index is -3.13. The third-order valence-corrected chi connectivity index (χ3v) is 70.2. The molecule has 0 aliphatic rings. The number of rotatable bonds is 8. The van der Waals surface area contributed by atoms with E-state index in [4.69, 9.17) is 19.1 Å². The fraction of sp³-hybridized carbons (Fsp3) is 0.529. The first kappa shape index (κ1) is 35.2. The van der Waals surface area contributed by atoms with Gasteiger partial charge in [0.2, 0.25) is 0 Å². The van der Waals surface area contributed by atoms with Crippen LogP contribution in [0.25, 0.3) is 12.2 Å². The molecule has 0 aliphatic heterocycles. The predicted octanol–water partition coefficient (Wildman–Crippen LogP) is 12.4. The molecule has 5 heteroatoms. The van der Waals surface area contributed by atoms with Crippen molar-refractivity contribution in [2.45, 2.75) is 104 Å². The van der Waals surface area contributed by atoms with Gasteiger partial charge in [-0.1, -0.05) is 0 Å². The van der Waals surface area contributed by atoms with Crippen LogP contribution >= 0.6 is 30.0 Å². The van der Waals surface area contributed by atoms with Crippen LogP contribution in [-0.4, -0.2) is 32.9 Å². The third kappa shape index (κ3) is 6.99. The summed E-state index contributed by atoms with van der Waals surface area (Å²) in [5.74, 6) is 0. The van der Waals surface area contributed by atoms with E-state index in [1.807, 2.05) is 0 Å². The van der Waals surface area contributed by atoms with Gasteiger partial charge >= 0.3 is 255 Å². The zero-order chi connectivity index (χ0) is 30.0. The Morgan fingerprint density at radius 1 is 0.513 bits per heavy atom. The Labute approximate surface area is 253 Å². The standard InChI is InChI=1S/2C17H27P.2ClH.Pd/c2*1-16(2,3)18(17(4,5)6)14-10-13-15-11-8-7-9-12-15;;;/h2*7-13H,14H2,1-6H3;2*1H;/b2*13-10+;;;. The van der Waals surface area contributed by atoms with Crippen molar-refractivity contribution in [3.63, 3.8) is 0 Å². The van der Waals surface area contributed by atoms with Gasteiger partial charge < -0.3 is 0 Å². The van der Waals surface area contributed by atoms with Crippen molar-refractivity contribution in [1.82, 2.24) is 0 Å². The molecule has 0 fully saturated rings. The van der Waals surface area contributed by atoms with Crippen molar-refractivity contribution in [2.75, 3.05) is 12.3 Å². The van der Waals surface area contributed by atoms with Gasteiger partial charge in [0.05, 0.1) is 0 Å². The second kappa shape index (κ2) is 12.7. The van der Waals surface area contributed by atoms with Crippen molar-refractivity contribution >= 4 is 42.1 Å². The normalized spacial score (nSPS) is 16.2. The number of hydrogen-bond donors (Lipinski definition) is 0. The number of halogens is 2. The van der Waals surface area contributed by atoms with Gasteiger partial charge in [0, 0.05) is 0 Å². The van der Waals surface area contributed by atoms with Gasteiger partial charge in [0.1, 0.15) is 0 Å². The van der Waals surface area contributed by atoms with Gasteiger partial charge in [0.25, 0.3) is 0 Å². The van der Waals surface area contributed by atoms with Crippen molar-refractivity contribution in [1.29, 1.82) is 0 Å². The van der Waals surface area contributed by atoms with Crippen LogP contribution < -0.4 is 0 Å². The summed E-state index contributed by atoms with van der Waals surface area (Å²) in [6.07, 6.45) is 11.5. The zero-order valence-corrected chi connectivity index (χ0v) is 31.6. The predicted molar refractivity (Wildman–Crippen MR) is 188 cm³/mol. The van der Waals surface area contributed by atoms with Crippen LogP contribution in [0.4, 0.5) is 0 Å². The van der Waals surface area contributed by atoms with Crippen molar-refractivity contribution in [3.05, 3.63) is 83.9 Å². The topological polar surface area (TPSA) is 0 Å². The van der Waals surface area contributed by atoms with Gasteiger partial charge in [-0.3, -0.25) is 0 Å². The van der Waals surface area contributed by atoms with Crippen LogP contribution in [0.5, 0.6) is 0 Å².